The molecule has 0 heterocycles. The van der Waals surface area contributed by atoms with Gasteiger partial charge in [0.1, 0.15) is 17.5 Å². The SMILES string of the molecule is CC[C@@H](C(=O)NC1CCCCC1)N(Cc1ccc(OC)cc1)C(=O)COc1ccc(Cl)c(C)c1. The van der Waals surface area contributed by atoms with E-state index in [1.165, 1.54) is 6.42 Å². The molecule has 2 aromatic rings. The maximum atomic E-state index is 13.4. The molecule has 0 aliphatic heterocycles. The number of amides is 2. The van der Waals surface area contributed by atoms with Gasteiger partial charge in [0.25, 0.3) is 5.91 Å². The van der Waals surface area contributed by atoms with Crippen LogP contribution in [-0.4, -0.2) is 42.5 Å². The Morgan fingerprint density at radius 1 is 1.09 bits per heavy atom. The zero-order valence-corrected chi connectivity index (χ0v) is 21.1. The third-order valence-electron chi connectivity index (χ3n) is 6.34. The minimum Gasteiger partial charge on any atom is -0.497 e. The lowest BCUT2D eigenvalue weighted by Crippen LogP contribution is -2.52. The molecule has 0 saturated heterocycles. The monoisotopic (exact) mass is 486 g/mol. The molecule has 1 aliphatic rings. The van der Waals surface area contributed by atoms with Gasteiger partial charge in [-0.3, -0.25) is 9.59 Å². The Morgan fingerprint density at radius 2 is 1.76 bits per heavy atom. The number of rotatable bonds is 10. The van der Waals surface area contributed by atoms with E-state index in [9.17, 15) is 9.59 Å². The molecule has 2 aromatic carbocycles. The maximum absolute atomic E-state index is 13.4. The third kappa shape index (κ3) is 7.13. The van der Waals surface area contributed by atoms with Crippen LogP contribution in [0.1, 0.15) is 56.6 Å². The summed E-state index contributed by atoms with van der Waals surface area (Å²) in [7, 11) is 1.61. The normalized spacial score (nSPS) is 14.8. The topological polar surface area (TPSA) is 67.9 Å². The second kappa shape index (κ2) is 12.7. The van der Waals surface area contributed by atoms with Crippen molar-refractivity contribution in [2.75, 3.05) is 13.7 Å². The Kier molecular flexibility index (Phi) is 9.63. The van der Waals surface area contributed by atoms with Gasteiger partial charge in [-0.2, -0.15) is 0 Å². The van der Waals surface area contributed by atoms with E-state index >= 15 is 0 Å². The van der Waals surface area contributed by atoms with Crippen molar-refractivity contribution in [1.82, 2.24) is 10.2 Å². The Balaban J connectivity index is 1.76. The number of nitrogens with one attached hydrogen (secondary N) is 1. The van der Waals surface area contributed by atoms with Crippen LogP contribution in [0.15, 0.2) is 42.5 Å². The van der Waals surface area contributed by atoms with Crippen LogP contribution in [0.25, 0.3) is 0 Å². The van der Waals surface area contributed by atoms with Gasteiger partial charge in [-0.1, -0.05) is 49.9 Å². The van der Waals surface area contributed by atoms with Crippen LogP contribution in [0.4, 0.5) is 0 Å². The van der Waals surface area contributed by atoms with E-state index in [1.54, 1.807) is 30.2 Å². The first-order chi connectivity index (χ1) is 16.4. The Hall–Kier alpha value is -2.73. The molecule has 7 heteroatoms. The van der Waals surface area contributed by atoms with Crippen molar-refractivity contribution in [1.29, 1.82) is 0 Å². The van der Waals surface area contributed by atoms with Gasteiger partial charge in [-0.05, 0) is 67.6 Å². The lowest BCUT2D eigenvalue weighted by atomic mass is 9.95. The number of hydrogen-bond acceptors (Lipinski definition) is 4. The summed E-state index contributed by atoms with van der Waals surface area (Å²) >= 11 is 6.10. The molecule has 1 saturated carbocycles. The van der Waals surface area contributed by atoms with Crippen molar-refractivity contribution in [2.24, 2.45) is 0 Å². The molecule has 0 radical (unpaired) electrons. The van der Waals surface area contributed by atoms with Crippen molar-refractivity contribution in [3.63, 3.8) is 0 Å². The van der Waals surface area contributed by atoms with Gasteiger partial charge in [-0.25, -0.2) is 0 Å². The standard InChI is InChI=1S/C27H35ClN2O4/c1-4-25(27(32)29-21-8-6-5-7-9-21)30(17-20-10-12-22(33-3)13-11-20)26(31)18-34-23-14-15-24(28)19(2)16-23/h10-16,21,25H,4-9,17-18H2,1-3H3,(H,29,32)/t25-/m0/s1. The van der Waals surface area contributed by atoms with Crippen LogP contribution in [0.3, 0.4) is 0 Å². The van der Waals surface area contributed by atoms with Gasteiger partial charge in [0.05, 0.1) is 7.11 Å². The second-order valence-electron chi connectivity index (χ2n) is 8.84. The molecule has 3 rings (SSSR count). The van der Waals surface area contributed by atoms with E-state index in [2.05, 4.69) is 5.32 Å². The molecule has 0 bridgehead atoms. The fourth-order valence-electron chi connectivity index (χ4n) is 4.33. The van der Waals surface area contributed by atoms with Gasteiger partial charge in [0.15, 0.2) is 6.61 Å². The number of aryl methyl sites for hydroxylation is 1. The molecule has 34 heavy (non-hydrogen) atoms. The van der Waals surface area contributed by atoms with Crippen molar-refractivity contribution < 1.29 is 19.1 Å². The van der Waals surface area contributed by atoms with E-state index in [0.29, 0.717) is 23.7 Å². The Labute approximate surface area is 207 Å². The fourth-order valence-corrected chi connectivity index (χ4v) is 4.44. The van der Waals surface area contributed by atoms with E-state index in [4.69, 9.17) is 21.1 Å². The van der Waals surface area contributed by atoms with Crippen molar-refractivity contribution >= 4 is 23.4 Å². The van der Waals surface area contributed by atoms with E-state index in [-0.39, 0.29) is 24.5 Å². The summed E-state index contributed by atoms with van der Waals surface area (Å²) in [5, 5.41) is 3.83. The van der Waals surface area contributed by atoms with Crippen molar-refractivity contribution in [3.05, 3.63) is 58.6 Å². The predicted octanol–water partition coefficient (Wildman–Crippen LogP) is 5.29. The van der Waals surface area contributed by atoms with Crippen molar-refractivity contribution in [3.8, 4) is 11.5 Å². The van der Waals surface area contributed by atoms with Crippen LogP contribution in [0.2, 0.25) is 5.02 Å². The zero-order chi connectivity index (χ0) is 24.5. The first kappa shape index (κ1) is 25.9. The highest BCUT2D eigenvalue weighted by Crippen LogP contribution is 2.22. The minimum atomic E-state index is -0.577. The number of methoxy groups -OCH3 is 1. The van der Waals surface area contributed by atoms with Gasteiger partial charge in [0.2, 0.25) is 5.91 Å². The lowest BCUT2D eigenvalue weighted by Gasteiger charge is -2.32. The van der Waals surface area contributed by atoms with Crippen LogP contribution in [0, 0.1) is 6.92 Å². The average molecular weight is 487 g/mol. The van der Waals surface area contributed by atoms with Gasteiger partial charge in [0, 0.05) is 17.6 Å². The molecule has 1 N–H and O–H groups in total. The van der Waals surface area contributed by atoms with Crippen LogP contribution >= 0.6 is 11.6 Å². The summed E-state index contributed by atoms with van der Waals surface area (Å²) in [4.78, 5) is 28.2. The van der Waals surface area contributed by atoms with Gasteiger partial charge >= 0.3 is 0 Å². The number of benzene rings is 2. The molecule has 1 fully saturated rings. The van der Waals surface area contributed by atoms with E-state index in [0.717, 1.165) is 42.6 Å². The summed E-state index contributed by atoms with van der Waals surface area (Å²) in [5.74, 6) is 0.970. The Morgan fingerprint density at radius 3 is 2.38 bits per heavy atom. The van der Waals surface area contributed by atoms with Gasteiger partial charge < -0.3 is 19.7 Å². The Bertz CT molecular complexity index is 958. The smallest absolute Gasteiger partial charge is 0.261 e. The predicted molar refractivity (Wildman–Crippen MR) is 134 cm³/mol. The number of ether oxygens (including phenoxy) is 2. The summed E-state index contributed by atoms with van der Waals surface area (Å²) in [6, 6.07) is 12.4. The molecule has 184 valence electrons. The van der Waals surface area contributed by atoms with Crippen molar-refractivity contribution in [2.45, 2.75) is 71.0 Å². The molecule has 1 aliphatic carbocycles. The first-order valence-corrected chi connectivity index (χ1v) is 12.4. The quantitative estimate of drug-likeness (QED) is 0.495. The zero-order valence-electron chi connectivity index (χ0n) is 20.3. The summed E-state index contributed by atoms with van der Waals surface area (Å²) in [5.41, 5.74) is 1.79. The number of hydrogen-bond donors (Lipinski definition) is 1. The summed E-state index contributed by atoms with van der Waals surface area (Å²) in [6.45, 7) is 3.96. The number of carbonyl (C=O) groups excluding carboxylic acids is 2. The highest BCUT2D eigenvalue weighted by molar-refractivity contribution is 6.31. The molecule has 0 spiro atoms. The highest BCUT2D eigenvalue weighted by atomic mass is 35.5. The largest absolute Gasteiger partial charge is 0.497 e. The van der Waals surface area contributed by atoms with Gasteiger partial charge in [-0.15, -0.1) is 0 Å². The highest BCUT2D eigenvalue weighted by Gasteiger charge is 2.30. The van der Waals surface area contributed by atoms with Crippen LogP contribution in [0.5, 0.6) is 11.5 Å². The minimum absolute atomic E-state index is 0.0985. The first-order valence-electron chi connectivity index (χ1n) is 12.0. The molecule has 2 amide bonds. The average Bonchev–Trinajstić information content (AvgIpc) is 2.85. The van der Waals surface area contributed by atoms with Crippen LogP contribution < -0.4 is 14.8 Å². The molecule has 6 nitrogen and oxygen atoms in total. The lowest BCUT2D eigenvalue weighted by molar-refractivity contribution is -0.143. The number of nitrogens with zero attached hydrogens (tertiary/aromatic N) is 1. The van der Waals surface area contributed by atoms with E-state index in [1.807, 2.05) is 38.1 Å². The fraction of sp³-hybridized carbons (Fsp3) is 0.481. The molecular weight excluding hydrogens is 452 g/mol. The summed E-state index contributed by atoms with van der Waals surface area (Å²) < 4.78 is 11.0. The molecule has 1 atom stereocenters. The molecular formula is C27H35ClN2O4. The van der Waals surface area contributed by atoms with Crippen LogP contribution in [-0.2, 0) is 16.1 Å². The van der Waals surface area contributed by atoms with E-state index < -0.39 is 6.04 Å². The summed E-state index contributed by atoms with van der Waals surface area (Å²) in [6.07, 6.45) is 5.98. The molecule has 0 aromatic heterocycles. The number of carbonyl (C=O) groups is 2. The number of halogens is 1. The third-order valence-corrected chi connectivity index (χ3v) is 6.77. The molecule has 0 unspecified atom stereocenters. The maximum Gasteiger partial charge on any atom is 0.261 e. The second-order valence-corrected chi connectivity index (χ2v) is 9.24.